The van der Waals surface area contributed by atoms with Crippen LogP contribution in [0.2, 0.25) is 0 Å². The molecule has 2 aromatic rings. The summed E-state index contributed by atoms with van der Waals surface area (Å²) in [6.07, 6.45) is 0.473. The maximum Gasteiger partial charge on any atom is 0.243 e. The van der Waals surface area contributed by atoms with Gasteiger partial charge in [-0.1, -0.05) is 56.3 Å². The number of aliphatic hydroxyl groups is 1. The summed E-state index contributed by atoms with van der Waals surface area (Å²) in [5, 5.41) is 10.4. The molecule has 3 rings (SSSR count). The molecule has 0 saturated carbocycles. The summed E-state index contributed by atoms with van der Waals surface area (Å²) in [5.41, 5.74) is 2.06. The summed E-state index contributed by atoms with van der Waals surface area (Å²) < 4.78 is 27.4. The van der Waals surface area contributed by atoms with E-state index in [0.717, 1.165) is 12.0 Å². The van der Waals surface area contributed by atoms with E-state index in [9.17, 15) is 13.5 Å². The predicted molar refractivity (Wildman–Crippen MR) is 112 cm³/mol. The minimum absolute atomic E-state index is 0.359. The van der Waals surface area contributed by atoms with Gasteiger partial charge in [0.2, 0.25) is 10.0 Å². The first-order chi connectivity index (χ1) is 13.4. The molecule has 0 amide bonds. The van der Waals surface area contributed by atoms with Crippen molar-refractivity contribution in [2.75, 3.05) is 32.7 Å². The van der Waals surface area contributed by atoms with E-state index in [2.05, 4.69) is 18.7 Å². The van der Waals surface area contributed by atoms with Gasteiger partial charge in [-0.2, -0.15) is 4.31 Å². The summed E-state index contributed by atoms with van der Waals surface area (Å²) in [6.45, 7) is 6.91. The van der Waals surface area contributed by atoms with Crippen molar-refractivity contribution in [1.82, 2.24) is 9.21 Å². The first-order valence-corrected chi connectivity index (χ1v) is 11.4. The maximum atomic E-state index is 12.9. The zero-order chi connectivity index (χ0) is 20.1. The number of sulfonamides is 1. The standard InChI is InChI=1S/C22H30N2O3S/c1-3-18(2)19-9-11-21(12-10-19)28(26,27)24-15-13-23(14-16-24)17-22(25)20-7-5-4-6-8-20/h4-12,18,22,25H,3,13-17H2,1-2H3. The van der Waals surface area contributed by atoms with Gasteiger partial charge >= 0.3 is 0 Å². The average Bonchev–Trinajstić information content (AvgIpc) is 2.74. The third-order valence-electron chi connectivity index (χ3n) is 5.65. The van der Waals surface area contributed by atoms with Gasteiger partial charge in [-0.3, -0.25) is 4.90 Å². The fourth-order valence-electron chi connectivity index (χ4n) is 3.53. The van der Waals surface area contributed by atoms with Crippen molar-refractivity contribution < 1.29 is 13.5 Å². The van der Waals surface area contributed by atoms with E-state index in [1.165, 1.54) is 5.56 Å². The molecule has 152 valence electrons. The van der Waals surface area contributed by atoms with Crippen LogP contribution in [0, 0.1) is 0 Å². The smallest absolute Gasteiger partial charge is 0.243 e. The van der Waals surface area contributed by atoms with Gasteiger partial charge in [-0.05, 0) is 35.6 Å². The van der Waals surface area contributed by atoms with Crippen LogP contribution in [0.5, 0.6) is 0 Å². The van der Waals surface area contributed by atoms with Gasteiger partial charge in [0.15, 0.2) is 0 Å². The Morgan fingerprint density at radius 2 is 1.54 bits per heavy atom. The topological polar surface area (TPSA) is 60.9 Å². The third kappa shape index (κ3) is 4.81. The Labute approximate surface area is 168 Å². The lowest BCUT2D eigenvalue weighted by atomic mass is 9.99. The van der Waals surface area contributed by atoms with Crippen LogP contribution in [-0.2, 0) is 10.0 Å². The van der Waals surface area contributed by atoms with Gasteiger partial charge in [0.25, 0.3) is 0 Å². The number of rotatable bonds is 7. The van der Waals surface area contributed by atoms with Crippen molar-refractivity contribution in [2.24, 2.45) is 0 Å². The summed E-state index contributed by atoms with van der Waals surface area (Å²) in [6, 6.07) is 16.9. The van der Waals surface area contributed by atoms with E-state index in [-0.39, 0.29) is 0 Å². The van der Waals surface area contributed by atoms with Gasteiger partial charge in [-0.15, -0.1) is 0 Å². The molecule has 1 aliphatic heterocycles. The Morgan fingerprint density at radius 1 is 0.929 bits per heavy atom. The number of β-amino-alcohol motifs (C(OH)–C–C–N with tert-alkyl or cyclic N) is 1. The highest BCUT2D eigenvalue weighted by Gasteiger charge is 2.29. The highest BCUT2D eigenvalue weighted by molar-refractivity contribution is 7.89. The molecule has 1 aliphatic rings. The fraction of sp³-hybridized carbons (Fsp3) is 0.455. The first kappa shape index (κ1) is 21.0. The van der Waals surface area contributed by atoms with Crippen LogP contribution in [0.15, 0.2) is 59.5 Å². The number of hydrogen-bond donors (Lipinski definition) is 1. The van der Waals surface area contributed by atoms with Gasteiger partial charge in [0, 0.05) is 32.7 Å². The lowest BCUT2D eigenvalue weighted by Crippen LogP contribution is -2.49. The van der Waals surface area contributed by atoms with Crippen LogP contribution in [0.25, 0.3) is 0 Å². The summed E-state index contributed by atoms with van der Waals surface area (Å²) in [5.74, 6) is 0.427. The maximum absolute atomic E-state index is 12.9. The SMILES string of the molecule is CCC(C)c1ccc(S(=O)(=O)N2CCN(CC(O)c3ccccc3)CC2)cc1. The summed E-state index contributed by atoms with van der Waals surface area (Å²) in [7, 11) is -3.47. The summed E-state index contributed by atoms with van der Waals surface area (Å²) in [4.78, 5) is 2.48. The third-order valence-corrected chi connectivity index (χ3v) is 7.56. The zero-order valence-corrected chi connectivity index (χ0v) is 17.5. The molecule has 0 bridgehead atoms. The van der Waals surface area contributed by atoms with E-state index in [4.69, 9.17) is 0 Å². The fourth-order valence-corrected chi connectivity index (χ4v) is 4.95. The predicted octanol–water partition coefficient (Wildman–Crippen LogP) is 3.24. The van der Waals surface area contributed by atoms with Crippen LogP contribution in [0.3, 0.4) is 0 Å². The van der Waals surface area contributed by atoms with Crippen LogP contribution in [-0.4, -0.2) is 55.5 Å². The molecule has 0 aliphatic carbocycles. The van der Waals surface area contributed by atoms with Crippen molar-refractivity contribution in [3.8, 4) is 0 Å². The lowest BCUT2D eigenvalue weighted by Gasteiger charge is -2.35. The molecule has 0 aromatic heterocycles. The van der Waals surface area contributed by atoms with Gasteiger partial charge < -0.3 is 5.11 Å². The monoisotopic (exact) mass is 402 g/mol. The van der Waals surface area contributed by atoms with Crippen LogP contribution in [0.4, 0.5) is 0 Å². The Kier molecular flexibility index (Phi) is 6.88. The molecule has 1 N–H and O–H groups in total. The Balaban J connectivity index is 1.59. The van der Waals surface area contributed by atoms with Crippen LogP contribution in [0.1, 0.15) is 43.4 Å². The molecule has 2 atom stereocenters. The first-order valence-electron chi connectivity index (χ1n) is 9.97. The Hall–Kier alpha value is -1.73. The number of benzene rings is 2. The molecule has 6 heteroatoms. The van der Waals surface area contributed by atoms with Crippen molar-refractivity contribution in [3.63, 3.8) is 0 Å². The second-order valence-corrected chi connectivity index (χ2v) is 9.45. The average molecular weight is 403 g/mol. The minimum Gasteiger partial charge on any atom is -0.387 e. The number of hydrogen-bond acceptors (Lipinski definition) is 4. The largest absolute Gasteiger partial charge is 0.387 e. The number of aliphatic hydroxyl groups excluding tert-OH is 1. The highest BCUT2D eigenvalue weighted by Crippen LogP contribution is 2.23. The van der Waals surface area contributed by atoms with Gasteiger partial charge in [0.05, 0.1) is 11.0 Å². The Bertz CT molecular complexity index is 845. The van der Waals surface area contributed by atoms with E-state index in [1.54, 1.807) is 16.4 Å². The normalized spacial score (nSPS) is 18.7. The Morgan fingerprint density at radius 3 is 2.11 bits per heavy atom. The zero-order valence-electron chi connectivity index (χ0n) is 16.7. The molecular weight excluding hydrogens is 372 g/mol. The molecule has 28 heavy (non-hydrogen) atoms. The van der Waals surface area contributed by atoms with Crippen LogP contribution >= 0.6 is 0 Å². The molecular formula is C22H30N2O3S. The molecule has 5 nitrogen and oxygen atoms in total. The second kappa shape index (κ2) is 9.18. The van der Waals surface area contributed by atoms with E-state index in [1.807, 2.05) is 42.5 Å². The van der Waals surface area contributed by atoms with Crippen LogP contribution < -0.4 is 0 Å². The van der Waals surface area contributed by atoms with Crippen molar-refractivity contribution in [1.29, 1.82) is 0 Å². The molecule has 1 heterocycles. The lowest BCUT2D eigenvalue weighted by molar-refractivity contribution is 0.0921. The highest BCUT2D eigenvalue weighted by atomic mass is 32.2. The van der Waals surface area contributed by atoms with E-state index < -0.39 is 16.1 Å². The number of nitrogens with zero attached hydrogens (tertiary/aromatic N) is 2. The van der Waals surface area contributed by atoms with E-state index >= 15 is 0 Å². The van der Waals surface area contributed by atoms with Gasteiger partial charge in [0.1, 0.15) is 0 Å². The molecule has 1 saturated heterocycles. The van der Waals surface area contributed by atoms with Gasteiger partial charge in [-0.25, -0.2) is 8.42 Å². The van der Waals surface area contributed by atoms with Crippen molar-refractivity contribution >= 4 is 10.0 Å². The molecule has 0 spiro atoms. The second-order valence-electron chi connectivity index (χ2n) is 7.51. The van der Waals surface area contributed by atoms with Crippen molar-refractivity contribution in [2.45, 2.75) is 37.2 Å². The van der Waals surface area contributed by atoms with Crippen molar-refractivity contribution in [3.05, 3.63) is 65.7 Å². The van der Waals surface area contributed by atoms with E-state index in [0.29, 0.717) is 43.5 Å². The molecule has 1 fully saturated rings. The summed E-state index contributed by atoms with van der Waals surface area (Å²) >= 11 is 0. The quantitative estimate of drug-likeness (QED) is 0.772. The molecule has 2 aromatic carbocycles. The molecule has 0 radical (unpaired) electrons. The molecule has 2 unspecified atom stereocenters. The number of piperazine rings is 1. The minimum atomic E-state index is -3.47.